The number of nitrogens with zero attached hydrogens (tertiary/aromatic N) is 4. The van der Waals surface area contributed by atoms with E-state index in [0.717, 1.165) is 4.68 Å². The Kier molecular flexibility index (Phi) is 7.71. The molecule has 0 saturated carbocycles. The fourth-order valence-electron chi connectivity index (χ4n) is 4.70. The summed E-state index contributed by atoms with van der Waals surface area (Å²) in [7, 11) is 1.32. The van der Waals surface area contributed by atoms with Crippen LogP contribution in [0.4, 0.5) is 5.69 Å². The van der Waals surface area contributed by atoms with Crippen LogP contribution in [-0.2, 0) is 6.61 Å². The summed E-state index contributed by atoms with van der Waals surface area (Å²) in [5, 5.41) is 27.2. The topological polar surface area (TPSA) is 159 Å². The molecule has 0 amide bonds. The van der Waals surface area contributed by atoms with Crippen molar-refractivity contribution in [3.05, 3.63) is 127 Å². The first-order chi connectivity index (χ1) is 21.7. The van der Waals surface area contributed by atoms with Crippen molar-refractivity contribution in [3.63, 3.8) is 0 Å². The number of nitro benzene ring substituents is 1. The number of aromatic carboxylic acids is 1. The maximum atomic E-state index is 13.6. The SMILES string of the molecule is COc1cc(C=Nn2c(-c3cc4cc(Cl)ccc4o3)nc3ccccc3c2=O)cc([N+](=O)[O-])c1OCc1cccc(C(=O)O)c1. The van der Waals surface area contributed by atoms with Gasteiger partial charge < -0.3 is 19.0 Å². The minimum Gasteiger partial charge on any atom is -0.493 e. The van der Waals surface area contributed by atoms with Crippen LogP contribution < -0.4 is 15.0 Å². The normalized spacial score (nSPS) is 11.3. The number of furan rings is 1. The monoisotopic (exact) mass is 624 g/mol. The molecule has 0 atom stereocenters. The fraction of sp³-hybridized carbons (Fsp3) is 0.0625. The van der Waals surface area contributed by atoms with Crippen molar-refractivity contribution >= 4 is 51.3 Å². The van der Waals surface area contributed by atoms with Crippen LogP contribution in [0.2, 0.25) is 5.02 Å². The summed E-state index contributed by atoms with van der Waals surface area (Å²) in [6.07, 6.45) is 1.26. The van der Waals surface area contributed by atoms with Gasteiger partial charge in [0.2, 0.25) is 11.6 Å². The van der Waals surface area contributed by atoms with E-state index in [2.05, 4.69) is 10.1 Å². The molecular weight excluding hydrogens is 604 g/mol. The number of carbonyl (C=O) groups is 1. The van der Waals surface area contributed by atoms with E-state index >= 15 is 0 Å². The third kappa shape index (κ3) is 5.82. The molecule has 0 unspecified atom stereocenters. The van der Waals surface area contributed by atoms with E-state index in [-0.39, 0.29) is 40.8 Å². The third-order valence-corrected chi connectivity index (χ3v) is 7.04. The zero-order chi connectivity index (χ0) is 31.7. The van der Waals surface area contributed by atoms with Crippen molar-refractivity contribution in [3.8, 4) is 23.1 Å². The number of hydrogen-bond donors (Lipinski definition) is 1. The van der Waals surface area contributed by atoms with Crippen LogP contribution >= 0.6 is 11.6 Å². The second kappa shape index (κ2) is 11.9. The van der Waals surface area contributed by atoms with Crippen molar-refractivity contribution in [1.82, 2.24) is 9.66 Å². The molecule has 1 N–H and O–H groups in total. The maximum Gasteiger partial charge on any atom is 0.335 e. The Balaban J connectivity index is 1.41. The second-order valence-electron chi connectivity index (χ2n) is 9.73. The van der Waals surface area contributed by atoms with Gasteiger partial charge in [-0.2, -0.15) is 9.78 Å². The first-order valence-electron chi connectivity index (χ1n) is 13.3. The van der Waals surface area contributed by atoms with Crippen LogP contribution in [-0.4, -0.2) is 39.0 Å². The summed E-state index contributed by atoms with van der Waals surface area (Å²) in [6, 6.07) is 22.2. The number of benzene rings is 4. The van der Waals surface area contributed by atoms with Gasteiger partial charge >= 0.3 is 11.7 Å². The quantitative estimate of drug-likeness (QED) is 0.107. The van der Waals surface area contributed by atoms with Gasteiger partial charge in [0.1, 0.15) is 12.2 Å². The molecule has 2 aromatic heterocycles. The van der Waals surface area contributed by atoms with Crippen LogP contribution in [0.25, 0.3) is 33.5 Å². The molecule has 4 aromatic carbocycles. The minimum absolute atomic E-state index is 0.0263. The number of fused-ring (bicyclic) bond motifs is 2. The number of ether oxygens (including phenoxy) is 2. The van der Waals surface area contributed by atoms with E-state index < -0.39 is 22.1 Å². The highest BCUT2D eigenvalue weighted by atomic mass is 35.5. The number of para-hydroxylation sites is 1. The van der Waals surface area contributed by atoms with Gasteiger partial charge in [0, 0.05) is 22.0 Å². The highest BCUT2D eigenvalue weighted by Crippen LogP contribution is 2.38. The predicted molar refractivity (Wildman–Crippen MR) is 167 cm³/mol. The van der Waals surface area contributed by atoms with E-state index in [1.807, 2.05) is 0 Å². The molecule has 0 spiro atoms. The molecule has 12 nitrogen and oxygen atoms in total. The lowest BCUT2D eigenvalue weighted by atomic mass is 10.1. The number of aromatic nitrogens is 2. The number of methoxy groups -OCH3 is 1. The summed E-state index contributed by atoms with van der Waals surface area (Å²) in [6.45, 7) is -0.157. The molecule has 2 heterocycles. The van der Waals surface area contributed by atoms with Crippen molar-refractivity contribution < 1.29 is 28.7 Å². The summed E-state index contributed by atoms with van der Waals surface area (Å²) < 4.78 is 18.2. The Labute approximate surface area is 258 Å². The van der Waals surface area contributed by atoms with Gasteiger partial charge in [0.25, 0.3) is 5.56 Å². The van der Waals surface area contributed by atoms with Crippen LogP contribution in [0.3, 0.4) is 0 Å². The molecule has 6 rings (SSSR count). The average Bonchev–Trinajstić information content (AvgIpc) is 3.46. The van der Waals surface area contributed by atoms with Gasteiger partial charge in [-0.05, 0) is 60.2 Å². The van der Waals surface area contributed by atoms with E-state index in [1.54, 1.807) is 60.7 Å². The Morgan fingerprint density at radius 1 is 1.11 bits per heavy atom. The average molecular weight is 625 g/mol. The van der Waals surface area contributed by atoms with Crippen molar-refractivity contribution in [2.75, 3.05) is 7.11 Å². The Morgan fingerprint density at radius 2 is 1.93 bits per heavy atom. The van der Waals surface area contributed by atoms with Gasteiger partial charge in [0.05, 0.1) is 34.7 Å². The van der Waals surface area contributed by atoms with E-state index in [9.17, 15) is 24.8 Å². The molecule has 0 aliphatic carbocycles. The number of carboxylic acid groups (broad SMARTS) is 1. The van der Waals surface area contributed by atoms with Gasteiger partial charge in [-0.3, -0.25) is 14.9 Å². The molecule has 6 aromatic rings. The van der Waals surface area contributed by atoms with Gasteiger partial charge in [0.15, 0.2) is 11.5 Å². The number of nitro groups is 1. The summed E-state index contributed by atoms with van der Waals surface area (Å²) in [5.41, 5.74) is 0.794. The lowest BCUT2D eigenvalue weighted by Gasteiger charge is -2.12. The Hall–Kier alpha value is -6.01. The van der Waals surface area contributed by atoms with Crippen LogP contribution in [0.5, 0.6) is 11.5 Å². The zero-order valence-electron chi connectivity index (χ0n) is 23.3. The van der Waals surface area contributed by atoms with Gasteiger partial charge in [-0.15, -0.1) is 0 Å². The highest BCUT2D eigenvalue weighted by Gasteiger charge is 2.23. The molecule has 0 radical (unpaired) electrons. The summed E-state index contributed by atoms with van der Waals surface area (Å²) in [4.78, 5) is 41.0. The number of carboxylic acids is 1. The molecule has 0 aliphatic rings. The molecular formula is C32H21ClN4O8. The van der Waals surface area contributed by atoms with Crippen molar-refractivity contribution in [2.24, 2.45) is 5.10 Å². The first-order valence-corrected chi connectivity index (χ1v) is 13.7. The van der Waals surface area contributed by atoms with Crippen molar-refractivity contribution in [1.29, 1.82) is 0 Å². The summed E-state index contributed by atoms with van der Waals surface area (Å²) >= 11 is 6.14. The van der Waals surface area contributed by atoms with Gasteiger partial charge in [-0.25, -0.2) is 9.78 Å². The Bertz CT molecular complexity index is 2220. The molecule has 0 fully saturated rings. The van der Waals surface area contributed by atoms with Crippen LogP contribution in [0.15, 0.2) is 99.2 Å². The lowest BCUT2D eigenvalue weighted by Crippen LogP contribution is -2.20. The molecule has 13 heteroatoms. The van der Waals surface area contributed by atoms with E-state index in [4.69, 9.17) is 25.5 Å². The van der Waals surface area contributed by atoms with Crippen LogP contribution in [0, 0.1) is 10.1 Å². The van der Waals surface area contributed by atoms with Crippen molar-refractivity contribution in [2.45, 2.75) is 6.61 Å². The minimum atomic E-state index is -1.11. The van der Waals surface area contributed by atoms with E-state index in [1.165, 1.54) is 37.6 Å². The first kappa shape index (κ1) is 29.1. The summed E-state index contributed by atoms with van der Waals surface area (Å²) in [5.74, 6) is -0.888. The largest absolute Gasteiger partial charge is 0.493 e. The van der Waals surface area contributed by atoms with E-state index in [0.29, 0.717) is 32.5 Å². The third-order valence-electron chi connectivity index (χ3n) is 6.81. The number of hydrogen-bond acceptors (Lipinski definition) is 9. The van der Waals surface area contributed by atoms with Gasteiger partial charge in [-0.1, -0.05) is 35.9 Å². The molecule has 0 saturated heterocycles. The molecule has 0 bridgehead atoms. The second-order valence-corrected chi connectivity index (χ2v) is 10.2. The zero-order valence-corrected chi connectivity index (χ0v) is 24.1. The Morgan fingerprint density at radius 3 is 2.71 bits per heavy atom. The molecule has 224 valence electrons. The predicted octanol–water partition coefficient (Wildman–Crippen LogP) is 6.54. The van der Waals surface area contributed by atoms with Crippen LogP contribution in [0.1, 0.15) is 21.5 Å². The lowest BCUT2D eigenvalue weighted by molar-refractivity contribution is -0.386. The molecule has 45 heavy (non-hydrogen) atoms. The smallest absolute Gasteiger partial charge is 0.335 e. The number of halogens is 1. The maximum absolute atomic E-state index is 13.6. The number of rotatable bonds is 9. The highest BCUT2D eigenvalue weighted by molar-refractivity contribution is 6.31. The fourth-order valence-corrected chi connectivity index (χ4v) is 4.88. The standard InChI is InChI=1S/C32H21ClN4O8/c1-43-27-13-19(12-25(37(41)42)29(27)44-17-18-5-4-6-20(11-18)32(39)40)16-34-36-30(35-24-8-3-2-7-23(24)31(36)38)28-15-21-14-22(33)9-10-26(21)45-28/h2-16H,17H2,1H3,(H,39,40). The molecule has 0 aliphatic heterocycles.